The van der Waals surface area contributed by atoms with E-state index in [4.69, 9.17) is 16.9 Å². The molecule has 0 bridgehead atoms. The number of carbonyl (C=O) groups is 2. The molecule has 0 aromatic carbocycles. The van der Waals surface area contributed by atoms with E-state index in [0.29, 0.717) is 5.02 Å². The Morgan fingerprint density at radius 1 is 1.67 bits per heavy atom. The Morgan fingerprint density at radius 2 is 2.39 bits per heavy atom. The van der Waals surface area contributed by atoms with Crippen molar-refractivity contribution in [1.82, 2.24) is 10.3 Å². The predicted molar refractivity (Wildman–Crippen MR) is 62.7 cm³/mol. The Bertz CT molecular complexity index is 499. The lowest BCUT2D eigenvalue weighted by Gasteiger charge is -2.07. The van der Waals surface area contributed by atoms with Crippen molar-refractivity contribution in [3.63, 3.8) is 0 Å². The van der Waals surface area contributed by atoms with E-state index in [9.17, 15) is 9.59 Å². The van der Waals surface area contributed by atoms with E-state index in [-0.39, 0.29) is 12.2 Å². The van der Waals surface area contributed by atoms with Crippen molar-refractivity contribution in [3.8, 4) is 6.07 Å². The maximum atomic E-state index is 11.6. The Hall–Kier alpha value is -2.13. The SMILES string of the molecule is C[C@H](C#N)OC(=O)CNC(=O)c1cc(Cl)ccn1. The molecule has 0 aliphatic rings. The first-order valence-corrected chi connectivity index (χ1v) is 5.39. The molecule has 0 spiro atoms. The van der Waals surface area contributed by atoms with Crippen molar-refractivity contribution < 1.29 is 14.3 Å². The summed E-state index contributed by atoms with van der Waals surface area (Å²) in [6.07, 6.45) is 0.534. The van der Waals surface area contributed by atoms with Gasteiger partial charge >= 0.3 is 5.97 Å². The first kappa shape index (κ1) is 13.9. The number of hydrogen-bond acceptors (Lipinski definition) is 5. The van der Waals surface area contributed by atoms with Gasteiger partial charge in [-0.15, -0.1) is 0 Å². The van der Waals surface area contributed by atoms with Gasteiger partial charge in [-0.25, -0.2) is 0 Å². The molecule has 7 heteroatoms. The molecule has 94 valence electrons. The summed E-state index contributed by atoms with van der Waals surface area (Å²) in [6, 6.07) is 4.64. The maximum Gasteiger partial charge on any atom is 0.326 e. The van der Waals surface area contributed by atoms with Crippen LogP contribution in [0.25, 0.3) is 0 Å². The molecular weight excluding hydrogens is 258 g/mol. The van der Waals surface area contributed by atoms with Gasteiger partial charge in [0.05, 0.1) is 0 Å². The van der Waals surface area contributed by atoms with Gasteiger partial charge < -0.3 is 10.1 Å². The first-order chi connectivity index (χ1) is 8.52. The fourth-order valence-corrected chi connectivity index (χ4v) is 1.20. The third kappa shape index (κ3) is 4.39. The van der Waals surface area contributed by atoms with Gasteiger partial charge in [0.25, 0.3) is 5.91 Å². The lowest BCUT2D eigenvalue weighted by molar-refractivity contribution is -0.144. The zero-order chi connectivity index (χ0) is 13.5. The predicted octanol–water partition coefficient (Wildman–Crippen LogP) is 0.920. The molecule has 0 fully saturated rings. The van der Waals surface area contributed by atoms with Gasteiger partial charge in [-0.1, -0.05) is 11.6 Å². The molecule has 1 aromatic heterocycles. The molecule has 1 rings (SSSR count). The number of hydrogen-bond donors (Lipinski definition) is 1. The summed E-state index contributed by atoms with van der Waals surface area (Å²) in [5, 5.41) is 11.1. The fourth-order valence-electron chi connectivity index (χ4n) is 1.04. The number of rotatable bonds is 4. The van der Waals surface area contributed by atoms with E-state index in [1.54, 1.807) is 6.07 Å². The van der Waals surface area contributed by atoms with Crippen molar-refractivity contribution in [3.05, 3.63) is 29.0 Å². The smallest absolute Gasteiger partial charge is 0.326 e. The number of ether oxygens (including phenoxy) is 1. The van der Waals surface area contributed by atoms with Crippen LogP contribution in [0.4, 0.5) is 0 Å². The number of nitrogens with zero attached hydrogens (tertiary/aromatic N) is 2. The molecule has 0 saturated heterocycles. The summed E-state index contributed by atoms with van der Waals surface area (Å²) in [7, 11) is 0. The van der Waals surface area contributed by atoms with E-state index < -0.39 is 18.0 Å². The third-order valence-corrected chi connectivity index (χ3v) is 2.07. The van der Waals surface area contributed by atoms with Crippen molar-refractivity contribution in [2.45, 2.75) is 13.0 Å². The van der Waals surface area contributed by atoms with E-state index in [1.807, 2.05) is 0 Å². The molecule has 1 heterocycles. The maximum absolute atomic E-state index is 11.6. The van der Waals surface area contributed by atoms with Crippen LogP contribution in [0.2, 0.25) is 5.02 Å². The average Bonchev–Trinajstić information content (AvgIpc) is 2.35. The van der Waals surface area contributed by atoms with E-state index in [1.165, 1.54) is 25.3 Å². The highest BCUT2D eigenvalue weighted by Crippen LogP contribution is 2.07. The summed E-state index contributed by atoms with van der Waals surface area (Å²) in [6.45, 7) is 1.09. The van der Waals surface area contributed by atoms with Gasteiger partial charge in [0.2, 0.25) is 0 Å². The number of pyridine rings is 1. The number of aromatic nitrogens is 1. The number of esters is 1. The van der Waals surface area contributed by atoms with Crippen LogP contribution in [0.3, 0.4) is 0 Å². The van der Waals surface area contributed by atoms with Crippen LogP contribution in [-0.2, 0) is 9.53 Å². The summed E-state index contributed by atoms with van der Waals surface area (Å²) in [4.78, 5) is 26.5. The molecule has 6 nitrogen and oxygen atoms in total. The second-order valence-corrected chi connectivity index (χ2v) is 3.74. The molecule has 1 N–H and O–H groups in total. The Balaban J connectivity index is 2.47. The van der Waals surface area contributed by atoms with Crippen LogP contribution in [0, 0.1) is 11.3 Å². The standard InChI is InChI=1S/C11H10ClN3O3/c1-7(5-13)18-10(16)6-15-11(17)9-4-8(12)2-3-14-9/h2-4,7H,6H2,1H3,(H,15,17)/t7-/m1/s1. The molecule has 0 saturated carbocycles. The summed E-state index contributed by atoms with van der Waals surface area (Å²) in [5.41, 5.74) is 0.101. The molecule has 1 atom stereocenters. The molecule has 0 aliphatic heterocycles. The Labute approximate surface area is 109 Å². The minimum absolute atomic E-state index is 0.101. The van der Waals surface area contributed by atoms with Gasteiger partial charge in [0.15, 0.2) is 6.10 Å². The summed E-state index contributed by atoms with van der Waals surface area (Å²) >= 11 is 5.69. The molecule has 1 aromatic rings. The van der Waals surface area contributed by atoms with Crippen LogP contribution in [0.15, 0.2) is 18.3 Å². The van der Waals surface area contributed by atoms with Crippen molar-refractivity contribution in [2.24, 2.45) is 0 Å². The minimum atomic E-state index is -0.848. The number of amides is 1. The minimum Gasteiger partial charge on any atom is -0.446 e. The average molecular weight is 268 g/mol. The van der Waals surface area contributed by atoms with Gasteiger partial charge in [-0.3, -0.25) is 14.6 Å². The molecule has 0 aliphatic carbocycles. The molecule has 18 heavy (non-hydrogen) atoms. The van der Waals surface area contributed by atoms with Gasteiger partial charge in [-0.05, 0) is 19.1 Å². The third-order valence-electron chi connectivity index (χ3n) is 1.84. The molecule has 0 radical (unpaired) electrons. The van der Waals surface area contributed by atoms with Crippen LogP contribution in [0.1, 0.15) is 17.4 Å². The second kappa shape index (κ2) is 6.57. The second-order valence-electron chi connectivity index (χ2n) is 3.30. The Morgan fingerprint density at radius 3 is 3.00 bits per heavy atom. The number of nitrogens with one attached hydrogen (secondary N) is 1. The normalized spacial score (nSPS) is 11.2. The highest BCUT2D eigenvalue weighted by atomic mass is 35.5. The summed E-state index contributed by atoms with van der Waals surface area (Å²) < 4.78 is 4.65. The van der Waals surface area contributed by atoms with Gasteiger partial charge in [-0.2, -0.15) is 5.26 Å². The van der Waals surface area contributed by atoms with Crippen LogP contribution in [0.5, 0.6) is 0 Å². The number of carbonyl (C=O) groups excluding carboxylic acids is 2. The van der Waals surface area contributed by atoms with E-state index >= 15 is 0 Å². The zero-order valence-electron chi connectivity index (χ0n) is 9.51. The number of halogens is 1. The van der Waals surface area contributed by atoms with Crippen LogP contribution >= 0.6 is 11.6 Å². The van der Waals surface area contributed by atoms with Crippen molar-refractivity contribution in [1.29, 1.82) is 5.26 Å². The quantitative estimate of drug-likeness (QED) is 0.819. The number of nitriles is 1. The van der Waals surface area contributed by atoms with Crippen LogP contribution in [-0.4, -0.2) is 29.5 Å². The molecule has 1 amide bonds. The monoisotopic (exact) mass is 267 g/mol. The fraction of sp³-hybridized carbons (Fsp3) is 0.273. The largest absolute Gasteiger partial charge is 0.446 e. The summed E-state index contributed by atoms with van der Waals surface area (Å²) in [5.74, 6) is -1.24. The highest BCUT2D eigenvalue weighted by molar-refractivity contribution is 6.30. The lowest BCUT2D eigenvalue weighted by atomic mass is 10.3. The molecule has 0 unspecified atom stereocenters. The zero-order valence-corrected chi connectivity index (χ0v) is 10.3. The van der Waals surface area contributed by atoms with E-state index in [0.717, 1.165) is 0 Å². The topological polar surface area (TPSA) is 92.1 Å². The van der Waals surface area contributed by atoms with Crippen molar-refractivity contribution in [2.75, 3.05) is 6.54 Å². The highest BCUT2D eigenvalue weighted by Gasteiger charge is 2.12. The van der Waals surface area contributed by atoms with Crippen molar-refractivity contribution >= 4 is 23.5 Å². The van der Waals surface area contributed by atoms with Gasteiger partial charge in [0.1, 0.15) is 18.3 Å². The molecular formula is C11H10ClN3O3. The van der Waals surface area contributed by atoms with Gasteiger partial charge in [0, 0.05) is 11.2 Å². The Kier molecular flexibility index (Phi) is 5.08. The van der Waals surface area contributed by atoms with E-state index in [2.05, 4.69) is 15.0 Å². The lowest BCUT2D eigenvalue weighted by Crippen LogP contribution is -2.32. The first-order valence-electron chi connectivity index (χ1n) is 5.01. The van der Waals surface area contributed by atoms with Crippen LogP contribution < -0.4 is 5.32 Å².